The van der Waals surface area contributed by atoms with Crippen LogP contribution in [0.1, 0.15) is 25.7 Å². The molecule has 0 spiro atoms. The quantitative estimate of drug-likeness (QED) is 0.704. The number of rotatable bonds is 4. The summed E-state index contributed by atoms with van der Waals surface area (Å²) in [6, 6.07) is 0.563. The van der Waals surface area contributed by atoms with Gasteiger partial charge in [-0.3, -0.25) is 14.5 Å². The van der Waals surface area contributed by atoms with Crippen molar-refractivity contribution in [2.24, 2.45) is 5.92 Å². The molecule has 2 unspecified atom stereocenters. The molecule has 0 bridgehead atoms. The van der Waals surface area contributed by atoms with Crippen LogP contribution in [0.4, 0.5) is 0 Å². The lowest BCUT2D eigenvalue weighted by Crippen LogP contribution is -2.40. The van der Waals surface area contributed by atoms with Gasteiger partial charge in [0.25, 0.3) is 0 Å². The summed E-state index contributed by atoms with van der Waals surface area (Å²) in [5.41, 5.74) is 0. The molecule has 5 nitrogen and oxygen atoms in total. The maximum atomic E-state index is 11.7. The predicted octanol–water partition coefficient (Wildman–Crippen LogP) is -0.182. The fourth-order valence-electron chi connectivity index (χ4n) is 3.02. The number of carbonyl (C=O) groups is 2. The predicted molar refractivity (Wildman–Crippen MR) is 66.9 cm³/mol. The molecule has 18 heavy (non-hydrogen) atoms. The van der Waals surface area contributed by atoms with E-state index >= 15 is 0 Å². The van der Waals surface area contributed by atoms with Crippen LogP contribution in [0.3, 0.4) is 0 Å². The van der Waals surface area contributed by atoms with E-state index in [9.17, 15) is 9.59 Å². The first-order valence-corrected chi connectivity index (χ1v) is 6.93. The number of nitrogens with one attached hydrogen (secondary N) is 1. The summed E-state index contributed by atoms with van der Waals surface area (Å²) in [6.45, 7) is 3.22. The van der Waals surface area contributed by atoms with E-state index in [4.69, 9.17) is 0 Å². The van der Waals surface area contributed by atoms with Gasteiger partial charge in [0.15, 0.2) is 0 Å². The van der Waals surface area contributed by atoms with Gasteiger partial charge in [-0.1, -0.05) is 0 Å². The molecule has 0 radical (unpaired) electrons. The molecule has 2 amide bonds. The molecule has 0 aromatic rings. The Balaban J connectivity index is 1.44. The van der Waals surface area contributed by atoms with E-state index in [1.807, 2.05) is 0 Å². The highest BCUT2D eigenvalue weighted by Crippen LogP contribution is 2.31. The van der Waals surface area contributed by atoms with Gasteiger partial charge in [0.1, 0.15) is 0 Å². The van der Waals surface area contributed by atoms with Crippen LogP contribution in [-0.2, 0) is 9.59 Å². The number of nitrogens with zero attached hydrogens (tertiary/aromatic N) is 2. The van der Waals surface area contributed by atoms with Crippen LogP contribution in [0, 0.1) is 5.92 Å². The molecule has 2 atom stereocenters. The van der Waals surface area contributed by atoms with Gasteiger partial charge in [-0.05, 0) is 38.3 Å². The summed E-state index contributed by atoms with van der Waals surface area (Å²) in [5, 5.41) is 3.28. The SMILES string of the molecule is CN1C(=O)CC(NCC2CCN(C3CC3)C2)C1=O. The van der Waals surface area contributed by atoms with E-state index in [-0.39, 0.29) is 17.9 Å². The molecule has 3 fully saturated rings. The Bertz CT molecular complexity index is 367. The highest BCUT2D eigenvalue weighted by atomic mass is 16.2. The molecule has 2 aliphatic heterocycles. The molecule has 100 valence electrons. The van der Waals surface area contributed by atoms with Crippen molar-refractivity contribution in [3.63, 3.8) is 0 Å². The molecule has 1 aliphatic carbocycles. The average molecular weight is 251 g/mol. The second-order valence-corrected chi connectivity index (χ2v) is 5.84. The average Bonchev–Trinajstić information content (AvgIpc) is 3.06. The first kappa shape index (κ1) is 12.1. The number of hydrogen-bond acceptors (Lipinski definition) is 4. The number of imide groups is 1. The molecule has 0 aromatic heterocycles. The zero-order valence-electron chi connectivity index (χ0n) is 10.9. The first-order valence-electron chi connectivity index (χ1n) is 6.93. The smallest absolute Gasteiger partial charge is 0.246 e. The minimum absolute atomic E-state index is 0.0662. The largest absolute Gasteiger partial charge is 0.305 e. The molecule has 1 N–H and O–H groups in total. The van der Waals surface area contributed by atoms with Gasteiger partial charge >= 0.3 is 0 Å². The third kappa shape index (κ3) is 2.29. The molecule has 0 aromatic carbocycles. The van der Waals surface area contributed by atoms with Crippen molar-refractivity contribution in [3.8, 4) is 0 Å². The van der Waals surface area contributed by atoms with Gasteiger partial charge < -0.3 is 10.2 Å². The maximum Gasteiger partial charge on any atom is 0.246 e. The normalized spacial score (nSPS) is 33.7. The van der Waals surface area contributed by atoms with E-state index < -0.39 is 0 Å². The van der Waals surface area contributed by atoms with E-state index in [1.54, 1.807) is 7.05 Å². The van der Waals surface area contributed by atoms with Crippen molar-refractivity contribution in [2.75, 3.05) is 26.7 Å². The van der Waals surface area contributed by atoms with Crippen LogP contribution in [-0.4, -0.2) is 60.4 Å². The van der Waals surface area contributed by atoms with Crippen LogP contribution in [0.15, 0.2) is 0 Å². The lowest BCUT2D eigenvalue weighted by Gasteiger charge is -2.16. The van der Waals surface area contributed by atoms with Crippen LogP contribution >= 0.6 is 0 Å². The van der Waals surface area contributed by atoms with Gasteiger partial charge in [-0.25, -0.2) is 0 Å². The summed E-state index contributed by atoms with van der Waals surface area (Å²) < 4.78 is 0. The molecular weight excluding hydrogens is 230 g/mol. The minimum Gasteiger partial charge on any atom is -0.305 e. The van der Waals surface area contributed by atoms with Gasteiger partial charge in [-0.2, -0.15) is 0 Å². The minimum atomic E-state index is -0.280. The zero-order valence-corrected chi connectivity index (χ0v) is 10.9. The third-order valence-corrected chi connectivity index (χ3v) is 4.41. The van der Waals surface area contributed by atoms with Crippen LogP contribution in [0.25, 0.3) is 0 Å². The summed E-state index contributed by atoms with van der Waals surface area (Å²) in [6.07, 6.45) is 4.27. The number of likely N-dealkylation sites (tertiary alicyclic amines) is 2. The highest BCUT2D eigenvalue weighted by Gasteiger charge is 2.37. The Hall–Kier alpha value is -0.940. The topological polar surface area (TPSA) is 52.7 Å². The zero-order chi connectivity index (χ0) is 12.7. The summed E-state index contributed by atoms with van der Waals surface area (Å²) in [4.78, 5) is 26.9. The van der Waals surface area contributed by atoms with Gasteiger partial charge in [-0.15, -0.1) is 0 Å². The maximum absolute atomic E-state index is 11.7. The van der Waals surface area contributed by atoms with Crippen molar-refractivity contribution >= 4 is 11.8 Å². The van der Waals surface area contributed by atoms with Gasteiger partial charge in [0.05, 0.1) is 12.5 Å². The summed E-state index contributed by atoms with van der Waals surface area (Å²) >= 11 is 0. The van der Waals surface area contributed by atoms with E-state index in [1.165, 1.54) is 30.7 Å². The van der Waals surface area contributed by atoms with Gasteiger partial charge in [0, 0.05) is 19.6 Å². The molecule has 5 heteroatoms. The Morgan fingerprint density at radius 1 is 1.28 bits per heavy atom. The molecule has 2 saturated heterocycles. The van der Waals surface area contributed by atoms with E-state index in [0.29, 0.717) is 12.3 Å². The molecule has 3 rings (SSSR count). The van der Waals surface area contributed by atoms with Crippen LogP contribution in [0.2, 0.25) is 0 Å². The Morgan fingerprint density at radius 2 is 2.06 bits per heavy atom. The van der Waals surface area contributed by atoms with E-state index in [2.05, 4.69) is 10.2 Å². The summed E-state index contributed by atoms with van der Waals surface area (Å²) in [5.74, 6) is 0.500. The molecular formula is C13H21N3O2. The van der Waals surface area contributed by atoms with Crippen molar-refractivity contribution < 1.29 is 9.59 Å². The van der Waals surface area contributed by atoms with Crippen molar-refractivity contribution in [1.29, 1.82) is 0 Å². The van der Waals surface area contributed by atoms with Crippen LogP contribution < -0.4 is 5.32 Å². The number of amides is 2. The Morgan fingerprint density at radius 3 is 2.67 bits per heavy atom. The Kier molecular flexibility index (Phi) is 3.11. The number of hydrogen-bond donors (Lipinski definition) is 1. The Labute approximate surface area is 107 Å². The lowest BCUT2D eigenvalue weighted by molar-refractivity contribution is -0.137. The standard InChI is InChI=1S/C13H21N3O2/c1-15-12(17)6-11(13(15)18)14-7-9-4-5-16(8-9)10-2-3-10/h9-11,14H,2-8H2,1H3. The van der Waals surface area contributed by atoms with Gasteiger partial charge in [0.2, 0.25) is 11.8 Å². The monoisotopic (exact) mass is 251 g/mol. The number of carbonyl (C=O) groups excluding carboxylic acids is 2. The van der Waals surface area contributed by atoms with Crippen molar-refractivity contribution in [3.05, 3.63) is 0 Å². The fourth-order valence-corrected chi connectivity index (χ4v) is 3.02. The second kappa shape index (κ2) is 4.63. The second-order valence-electron chi connectivity index (χ2n) is 5.84. The molecule has 1 saturated carbocycles. The number of likely N-dealkylation sites (N-methyl/N-ethyl adjacent to an activating group) is 1. The third-order valence-electron chi connectivity index (χ3n) is 4.41. The lowest BCUT2D eigenvalue weighted by atomic mass is 10.1. The van der Waals surface area contributed by atoms with Crippen molar-refractivity contribution in [1.82, 2.24) is 15.1 Å². The summed E-state index contributed by atoms with van der Waals surface area (Å²) in [7, 11) is 1.57. The first-order chi connectivity index (χ1) is 8.65. The molecule has 2 heterocycles. The van der Waals surface area contributed by atoms with Crippen LogP contribution in [0.5, 0.6) is 0 Å². The molecule has 3 aliphatic rings. The highest BCUT2D eigenvalue weighted by molar-refractivity contribution is 6.05. The van der Waals surface area contributed by atoms with Crippen molar-refractivity contribution in [2.45, 2.75) is 37.8 Å². The fraction of sp³-hybridized carbons (Fsp3) is 0.846. The van der Waals surface area contributed by atoms with E-state index in [0.717, 1.165) is 19.1 Å².